The van der Waals surface area contributed by atoms with E-state index in [2.05, 4.69) is 0 Å². The minimum Gasteiger partial charge on any atom is -0.456 e. The van der Waals surface area contributed by atoms with Gasteiger partial charge in [0.25, 0.3) is 0 Å². The normalized spacial score (nSPS) is 17.6. The van der Waals surface area contributed by atoms with Crippen molar-refractivity contribution in [3.8, 4) is 0 Å². The van der Waals surface area contributed by atoms with Crippen molar-refractivity contribution < 1.29 is 14.0 Å². The first-order valence-corrected chi connectivity index (χ1v) is 6.11. The Balaban J connectivity index is 1.99. The average Bonchev–Trinajstić information content (AvgIpc) is 2.77. The molecule has 0 bridgehead atoms. The molecule has 17 heavy (non-hydrogen) atoms. The molecule has 1 aromatic rings. The summed E-state index contributed by atoms with van der Waals surface area (Å²) in [6.07, 6.45) is 5.66. The molecule has 0 unspecified atom stereocenters. The molecule has 1 amide bonds. The summed E-state index contributed by atoms with van der Waals surface area (Å²) in [6, 6.07) is 3.40. The van der Waals surface area contributed by atoms with Crippen LogP contribution in [0.1, 0.15) is 48.4 Å². The molecule has 4 nitrogen and oxygen atoms in total. The number of rotatable bonds is 3. The van der Waals surface area contributed by atoms with E-state index in [1.54, 1.807) is 12.1 Å². The van der Waals surface area contributed by atoms with Crippen LogP contribution in [0.25, 0.3) is 0 Å². The van der Waals surface area contributed by atoms with Crippen LogP contribution in [0, 0.1) is 0 Å². The molecule has 2 heterocycles. The molecule has 1 fully saturated rings. The van der Waals surface area contributed by atoms with Gasteiger partial charge >= 0.3 is 0 Å². The van der Waals surface area contributed by atoms with Gasteiger partial charge in [0, 0.05) is 13.0 Å². The molecule has 1 saturated heterocycles. The summed E-state index contributed by atoms with van der Waals surface area (Å²) in [5.41, 5.74) is 0. The van der Waals surface area contributed by atoms with Crippen LogP contribution >= 0.6 is 0 Å². The van der Waals surface area contributed by atoms with Gasteiger partial charge in [0.05, 0.1) is 6.54 Å². The summed E-state index contributed by atoms with van der Waals surface area (Å²) in [7, 11) is 0. The molecular weight excluding hydrogens is 218 g/mol. The molecule has 0 aromatic carbocycles. The predicted molar refractivity (Wildman–Crippen MR) is 62.6 cm³/mol. The van der Waals surface area contributed by atoms with Crippen LogP contribution in [-0.2, 0) is 11.3 Å². The highest BCUT2D eigenvalue weighted by Gasteiger charge is 2.17. The van der Waals surface area contributed by atoms with E-state index in [9.17, 15) is 9.59 Å². The fourth-order valence-electron chi connectivity index (χ4n) is 2.11. The highest BCUT2D eigenvalue weighted by atomic mass is 16.3. The van der Waals surface area contributed by atoms with Gasteiger partial charge in [-0.15, -0.1) is 0 Å². The fourth-order valence-corrected chi connectivity index (χ4v) is 2.11. The summed E-state index contributed by atoms with van der Waals surface area (Å²) in [6.45, 7) is 1.27. The zero-order valence-electron chi connectivity index (χ0n) is 9.85. The summed E-state index contributed by atoms with van der Waals surface area (Å²) >= 11 is 0. The number of hydrogen-bond donors (Lipinski definition) is 0. The maximum absolute atomic E-state index is 11.9. The second kappa shape index (κ2) is 5.66. The van der Waals surface area contributed by atoms with Gasteiger partial charge < -0.3 is 9.32 Å². The van der Waals surface area contributed by atoms with Gasteiger partial charge in [0.2, 0.25) is 5.91 Å². The lowest BCUT2D eigenvalue weighted by molar-refractivity contribution is -0.132. The maximum Gasteiger partial charge on any atom is 0.222 e. The SMILES string of the molecule is O=Cc1ccc(CN2CCCCCCC2=O)o1. The van der Waals surface area contributed by atoms with Crippen LogP contribution in [0.5, 0.6) is 0 Å². The van der Waals surface area contributed by atoms with Crippen LogP contribution in [-0.4, -0.2) is 23.6 Å². The molecule has 0 spiro atoms. The first kappa shape index (κ1) is 11.9. The molecule has 1 aliphatic rings. The van der Waals surface area contributed by atoms with Crippen molar-refractivity contribution in [3.63, 3.8) is 0 Å². The third-order valence-corrected chi connectivity index (χ3v) is 3.07. The van der Waals surface area contributed by atoms with Gasteiger partial charge in [-0.05, 0) is 25.0 Å². The lowest BCUT2D eigenvalue weighted by Gasteiger charge is -2.23. The Hall–Kier alpha value is -1.58. The number of carbonyl (C=O) groups excluding carboxylic acids is 2. The first-order chi connectivity index (χ1) is 8.29. The highest BCUT2D eigenvalue weighted by Crippen LogP contribution is 2.15. The maximum atomic E-state index is 11.9. The lowest BCUT2D eigenvalue weighted by Crippen LogP contribution is -2.32. The van der Waals surface area contributed by atoms with Gasteiger partial charge in [0.15, 0.2) is 12.0 Å². The Morgan fingerprint density at radius 3 is 2.82 bits per heavy atom. The quantitative estimate of drug-likeness (QED) is 0.756. The van der Waals surface area contributed by atoms with Crippen LogP contribution < -0.4 is 0 Å². The number of furan rings is 1. The second-order valence-corrected chi connectivity index (χ2v) is 4.40. The molecule has 0 N–H and O–H groups in total. The summed E-state index contributed by atoms with van der Waals surface area (Å²) in [5, 5.41) is 0. The largest absolute Gasteiger partial charge is 0.456 e. The number of aldehydes is 1. The Bertz CT molecular complexity index is 397. The smallest absolute Gasteiger partial charge is 0.222 e. The molecule has 2 rings (SSSR count). The number of amides is 1. The number of hydrogen-bond acceptors (Lipinski definition) is 3. The van der Waals surface area contributed by atoms with Gasteiger partial charge in [-0.3, -0.25) is 9.59 Å². The Labute approximate surface area is 101 Å². The molecule has 0 saturated carbocycles. The van der Waals surface area contributed by atoms with Crippen molar-refractivity contribution in [2.45, 2.75) is 38.6 Å². The van der Waals surface area contributed by atoms with E-state index >= 15 is 0 Å². The first-order valence-electron chi connectivity index (χ1n) is 6.11. The Morgan fingerprint density at radius 2 is 2.06 bits per heavy atom. The predicted octanol–water partition coefficient (Wildman–Crippen LogP) is 2.38. The Morgan fingerprint density at radius 1 is 1.24 bits per heavy atom. The minimum absolute atomic E-state index is 0.189. The van der Waals surface area contributed by atoms with E-state index < -0.39 is 0 Å². The third-order valence-electron chi connectivity index (χ3n) is 3.07. The van der Waals surface area contributed by atoms with Crippen molar-refractivity contribution in [2.75, 3.05) is 6.54 Å². The topological polar surface area (TPSA) is 50.5 Å². The van der Waals surface area contributed by atoms with Crippen molar-refractivity contribution in [3.05, 3.63) is 23.7 Å². The van der Waals surface area contributed by atoms with Crippen molar-refractivity contribution in [1.82, 2.24) is 4.90 Å². The van der Waals surface area contributed by atoms with Crippen molar-refractivity contribution >= 4 is 12.2 Å². The molecule has 92 valence electrons. The number of nitrogens with zero attached hydrogens (tertiary/aromatic N) is 1. The van der Waals surface area contributed by atoms with Crippen LogP contribution in [0.4, 0.5) is 0 Å². The highest BCUT2D eigenvalue weighted by molar-refractivity contribution is 5.76. The second-order valence-electron chi connectivity index (χ2n) is 4.40. The molecule has 0 aliphatic carbocycles. The van der Waals surface area contributed by atoms with Crippen molar-refractivity contribution in [2.24, 2.45) is 0 Å². The lowest BCUT2D eigenvalue weighted by atomic mass is 10.1. The molecule has 0 radical (unpaired) electrons. The van der Waals surface area contributed by atoms with Gasteiger partial charge in [-0.2, -0.15) is 0 Å². The number of carbonyl (C=O) groups is 2. The monoisotopic (exact) mass is 235 g/mol. The zero-order valence-corrected chi connectivity index (χ0v) is 9.85. The van der Waals surface area contributed by atoms with E-state index in [1.807, 2.05) is 4.90 Å². The molecule has 1 aliphatic heterocycles. The van der Waals surface area contributed by atoms with Crippen LogP contribution in [0.3, 0.4) is 0 Å². The fraction of sp³-hybridized carbons (Fsp3) is 0.538. The van der Waals surface area contributed by atoms with E-state index in [1.165, 1.54) is 6.42 Å². The molecular formula is C13H17NO3. The van der Waals surface area contributed by atoms with E-state index in [0.717, 1.165) is 25.8 Å². The van der Waals surface area contributed by atoms with Crippen LogP contribution in [0.15, 0.2) is 16.5 Å². The number of likely N-dealkylation sites (tertiary alicyclic amines) is 1. The van der Waals surface area contributed by atoms with Gasteiger partial charge in [-0.1, -0.05) is 12.8 Å². The molecule has 4 heteroatoms. The van der Waals surface area contributed by atoms with Crippen LogP contribution in [0.2, 0.25) is 0 Å². The standard InChI is InChI=1S/C13H17NO3/c15-10-12-7-6-11(17-12)9-14-8-4-2-1-3-5-13(14)16/h6-7,10H,1-5,8-9H2. The van der Waals surface area contributed by atoms with E-state index in [4.69, 9.17) is 4.42 Å². The average molecular weight is 235 g/mol. The molecule has 0 atom stereocenters. The minimum atomic E-state index is 0.189. The summed E-state index contributed by atoms with van der Waals surface area (Å²) in [4.78, 5) is 24.2. The van der Waals surface area contributed by atoms with Gasteiger partial charge in [-0.25, -0.2) is 0 Å². The molecule has 1 aromatic heterocycles. The zero-order chi connectivity index (χ0) is 12.1. The summed E-state index contributed by atoms with van der Waals surface area (Å²) < 4.78 is 5.29. The third kappa shape index (κ3) is 3.19. The van der Waals surface area contributed by atoms with E-state index in [-0.39, 0.29) is 5.91 Å². The Kier molecular flexibility index (Phi) is 3.96. The van der Waals surface area contributed by atoms with Crippen molar-refractivity contribution in [1.29, 1.82) is 0 Å². The summed E-state index contributed by atoms with van der Waals surface area (Å²) in [5.74, 6) is 1.19. The van der Waals surface area contributed by atoms with Gasteiger partial charge in [0.1, 0.15) is 5.76 Å². The van der Waals surface area contributed by atoms with E-state index in [0.29, 0.717) is 30.8 Å².